The average molecular weight is 289 g/mol. The Bertz CT molecular complexity index is 480. The second-order valence-corrected chi connectivity index (χ2v) is 6.29. The lowest BCUT2D eigenvalue weighted by Gasteiger charge is -2.25. The summed E-state index contributed by atoms with van der Waals surface area (Å²) >= 11 is 0. The van der Waals surface area contributed by atoms with E-state index in [2.05, 4.69) is 0 Å². The van der Waals surface area contributed by atoms with E-state index in [4.69, 9.17) is 9.05 Å². The van der Waals surface area contributed by atoms with Crippen LogP contribution >= 0.6 is 7.60 Å². The zero-order valence-corrected chi connectivity index (χ0v) is 11.7. The van der Waals surface area contributed by atoms with E-state index in [9.17, 15) is 19.8 Å². The van der Waals surface area contributed by atoms with Gasteiger partial charge in [0.2, 0.25) is 0 Å². The number of benzene rings is 1. The topological polar surface area (TPSA) is 98.9 Å². The van der Waals surface area contributed by atoms with E-state index in [0.717, 1.165) is 0 Å². The molecule has 0 spiro atoms. The highest BCUT2D eigenvalue weighted by atomic mass is 31.2. The molecule has 1 N–H and O–H groups in total. The summed E-state index contributed by atoms with van der Waals surface area (Å²) in [7, 11) is -1.22. The molecule has 0 fully saturated rings. The van der Waals surface area contributed by atoms with Gasteiger partial charge in [-0.1, -0.05) is 19.1 Å². The first-order valence-electron chi connectivity index (χ1n) is 5.49. The minimum absolute atomic E-state index is 0.0490. The molecule has 19 heavy (non-hydrogen) atoms. The molecule has 0 aromatic heterocycles. The molecule has 0 saturated heterocycles. The zero-order chi connectivity index (χ0) is 14.6. The largest absolute Gasteiger partial charge is 0.380 e. The molecule has 0 aliphatic carbocycles. The minimum Gasteiger partial charge on any atom is -0.380 e. The maximum atomic E-state index is 12.0. The molecular weight excluding hydrogens is 273 g/mol. The number of nitro groups is 1. The zero-order valence-electron chi connectivity index (χ0n) is 10.8. The summed E-state index contributed by atoms with van der Waals surface area (Å²) in [6.07, 6.45) is 0. The lowest BCUT2D eigenvalue weighted by atomic mass is 10.0. The first kappa shape index (κ1) is 15.8. The van der Waals surface area contributed by atoms with Gasteiger partial charge in [0.25, 0.3) is 5.69 Å². The van der Waals surface area contributed by atoms with Crippen molar-refractivity contribution in [3.8, 4) is 0 Å². The van der Waals surface area contributed by atoms with E-state index in [-0.39, 0.29) is 5.69 Å². The molecule has 0 aliphatic heterocycles. The number of hydrogen-bond acceptors (Lipinski definition) is 6. The van der Waals surface area contributed by atoms with Crippen LogP contribution in [-0.4, -0.2) is 30.1 Å². The highest BCUT2D eigenvalue weighted by molar-refractivity contribution is 7.54. The predicted molar refractivity (Wildman–Crippen MR) is 69.1 cm³/mol. The standard InChI is InChI=1S/C11H16NO6P/c1-8(11(13)19(16,17-2)18-3)9-4-6-10(7-5-9)12(14)15/h4-8,11,13H,1-3H3/t8-,11-/m1/s1. The van der Waals surface area contributed by atoms with Crippen molar-refractivity contribution in [3.63, 3.8) is 0 Å². The summed E-state index contributed by atoms with van der Waals surface area (Å²) in [5.74, 6) is -1.89. The Kier molecular flexibility index (Phi) is 5.20. The van der Waals surface area contributed by atoms with Gasteiger partial charge >= 0.3 is 7.60 Å². The third kappa shape index (κ3) is 3.39. The Morgan fingerprint density at radius 2 is 1.74 bits per heavy atom. The average Bonchev–Trinajstić information content (AvgIpc) is 2.44. The molecule has 1 aromatic rings. The van der Waals surface area contributed by atoms with Crippen LogP contribution < -0.4 is 0 Å². The minimum atomic E-state index is -3.60. The van der Waals surface area contributed by atoms with E-state index in [1.54, 1.807) is 6.92 Å². The van der Waals surface area contributed by atoms with E-state index in [1.165, 1.54) is 38.5 Å². The Balaban J connectivity index is 2.97. The number of aliphatic hydroxyl groups is 1. The van der Waals surface area contributed by atoms with Crippen LogP contribution in [0.25, 0.3) is 0 Å². The van der Waals surface area contributed by atoms with Crippen molar-refractivity contribution < 1.29 is 23.6 Å². The van der Waals surface area contributed by atoms with Crippen LogP contribution in [0.1, 0.15) is 18.4 Å². The van der Waals surface area contributed by atoms with Gasteiger partial charge in [0.05, 0.1) is 4.92 Å². The van der Waals surface area contributed by atoms with Crippen LogP contribution in [0.15, 0.2) is 24.3 Å². The number of aliphatic hydroxyl groups excluding tert-OH is 1. The Morgan fingerprint density at radius 3 is 2.11 bits per heavy atom. The summed E-state index contributed by atoms with van der Waals surface area (Å²) in [6.45, 7) is 1.64. The number of nitro benzene ring substituents is 1. The summed E-state index contributed by atoms with van der Waals surface area (Å²) in [6, 6.07) is 5.65. The smallest absolute Gasteiger partial charge is 0.358 e. The monoisotopic (exact) mass is 289 g/mol. The van der Waals surface area contributed by atoms with Crippen LogP contribution in [0.4, 0.5) is 5.69 Å². The first-order chi connectivity index (χ1) is 8.85. The second-order valence-electron chi connectivity index (χ2n) is 3.96. The van der Waals surface area contributed by atoms with Crippen molar-refractivity contribution in [1.29, 1.82) is 0 Å². The van der Waals surface area contributed by atoms with Gasteiger partial charge in [-0.3, -0.25) is 14.7 Å². The van der Waals surface area contributed by atoms with Crippen molar-refractivity contribution in [2.45, 2.75) is 18.7 Å². The molecule has 8 heteroatoms. The summed E-state index contributed by atoms with van der Waals surface area (Å²) in [5, 5.41) is 20.6. The van der Waals surface area contributed by atoms with Gasteiger partial charge in [0.15, 0.2) is 5.85 Å². The molecule has 2 atom stereocenters. The molecule has 0 radical (unpaired) electrons. The van der Waals surface area contributed by atoms with Crippen molar-refractivity contribution in [3.05, 3.63) is 39.9 Å². The van der Waals surface area contributed by atoms with Crippen LogP contribution in [0.5, 0.6) is 0 Å². The predicted octanol–water partition coefficient (Wildman–Crippen LogP) is 2.50. The Labute approximate surface area is 110 Å². The number of nitrogens with zero attached hydrogens (tertiary/aromatic N) is 1. The van der Waals surface area contributed by atoms with Gasteiger partial charge < -0.3 is 14.2 Å². The molecule has 0 unspecified atom stereocenters. The summed E-state index contributed by atoms with van der Waals surface area (Å²) in [4.78, 5) is 10.0. The van der Waals surface area contributed by atoms with Gasteiger partial charge in [0.1, 0.15) is 0 Å². The highest BCUT2D eigenvalue weighted by Crippen LogP contribution is 2.54. The van der Waals surface area contributed by atoms with E-state index < -0.39 is 24.3 Å². The lowest BCUT2D eigenvalue weighted by molar-refractivity contribution is -0.384. The van der Waals surface area contributed by atoms with Crippen molar-refractivity contribution in [2.75, 3.05) is 14.2 Å². The van der Waals surface area contributed by atoms with Gasteiger partial charge in [0, 0.05) is 32.3 Å². The maximum Gasteiger partial charge on any atom is 0.358 e. The number of hydrogen-bond donors (Lipinski definition) is 1. The van der Waals surface area contributed by atoms with Crippen LogP contribution in [0.2, 0.25) is 0 Å². The normalized spacial score (nSPS) is 14.9. The van der Waals surface area contributed by atoms with E-state index >= 15 is 0 Å². The molecule has 1 rings (SSSR count). The number of non-ortho nitro benzene ring substituents is 1. The maximum absolute atomic E-state index is 12.0. The fraction of sp³-hybridized carbons (Fsp3) is 0.455. The molecule has 0 heterocycles. The van der Waals surface area contributed by atoms with Crippen LogP contribution in [0, 0.1) is 10.1 Å². The molecule has 0 bridgehead atoms. The Morgan fingerprint density at radius 1 is 1.26 bits per heavy atom. The number of rotatable bonds is 6. The molecular formula is C11H16NO6P. The summed E-state index contributed by atoms with van der Waals surface area (Å²) in [5.41, 5.74) is 0.555. The third-order valence-electron chi connectivity index (χ3n) is 2.91. The quantitative estimate of drug-likeness (QED) is 0.490. The molecule has 7 nitrogen and oxygen atoms in total. The van der Waals surface area contributed by atoms with Crippen LogP contribution in [-0.2, 0) is 13.6 Å². The molecule has 106 valence electrons. The molecule has 0 saturated carbocycles. The fourth-order valence-corrected chi connectivity index (χ4v) is 2.94. The van der Waals surface area contributed by atoms with E-state index in [0.29, 0.717) is 5.56 Å². The van der Waals surface area contributed by atoms with Gasteiger partial charge in [-0.15, -0.1) is 0 Å². The SMILES string of the molecule is COP(=O)(OC)[C@@H](O)[C@H](C)c1ccc([N+](=O)[O-])cc1. The molecule has 0 amide bonds. The third-order valence-corrected chi connectivity index (χ3v) is 5.02. The fourth-order valence-electron chi connectivity index (χ4n) is 1.64. The highest BCUT2D eigenvalue weighted by Gasteiger charge is 2.37. The second kappa shape index (κ2) is 6.25. The van der Waals surface area contributed by atoms with Gasteiger partial charge in [-0.25, -0.2) is 0 Å². The summed E-state index contributed by atoms with van der Waals surface area (Å²) < 4.78 is 21.5. The first-order valence-corrected chi connectivity index (χ1v) is 7.10. The molecule has 1 aromatic carbocycles. The lowest BCUT2D eigenvalue weighted by Crippen LogP contribution is -2.18. The molecule has 0 aliphatic rings. The van der Waals surface area contributed by atoms with E-state index in [1.807, 2.05) is 0 Å². The Hall–Kier alpha value is -1.27. The van der Waals surface area contributed by atoms with Crippen molar-refractivity contribution in [2.24, 2.45) is 0 Å². The van der Waals surface area contributed by atoms with Crippen LogP contribution in [0.3, 0.4) is 0 Å². The van der Waals surface area contributed by atoms with Gasteiger partial charge in [-0.05, 0) is 5.56 Å². The van der Waals surface area contributed by atoms with Crippen molar-refractivity contribution >= 4 is 13.3 Å². The van der Waals surface area contributed by atoms with Gasteiger partial charge in [-0.2, -0.15) is 0 Å². The van der Waals surface area contributed by atoms with Crippen molar-refractivity contribution in [1.82, 2.24) is 0 Å².